The molecule has 0 radical (unpaired) electrons. The number of hydrogen-bond acceptors (Lipinski definition) is 4. The van der Waals surface area contributed by atoms with E-state index in [9.17, 15) is 18.0 Å². The quantitative estimate of drug-likeness (QED) is 0.429. The number of hydrogen-bond donors (Lipinski definition) is 0. The summed E-state index contributed by atoms with van der Waals surface area (Å²) in [5.74, 6) is -0.970. The third-order valence-electron chi connectivity index (χ3n) is 1.32. The van der Waals surface area contributed by atoms with Gasteiger partial charge in [-0.25, -0.2) is 0 Å². The second kappa shape index (κ2) is 6.24. The van der Waals surface area contributed by atoms with Crippen LogP contribution in [-0.2, 0) is 9.53 Å². The standard InChI is InChI=1S/C9H13F3N2O2/c1-4-16-8(15)5-7(9(10,11)12)14-13-6(2)3/h4-5H2,1-3H3/b14-7+. The minimum atomic E-state index is -4.67. The molecular weight excluding hydrogens is 225 g/mol. The summed E-state index contributed by atoms with van der Waals surface area (Å²) in [6, 6.07) is 0. The van der Waals surface area contributed by atoms with E-state index in [4.69, 9.17) is 0 Å². The van der Waals surface area contributed by atoms with Gasteiger partial charge in [-0.05, 0) is 20.8 Å². The van der Waals surface area contributed by atoms with E-state index in [0.29, 0.717) is 5.71 Å². The second-order valence-electron chi connectivity index (χ2n) is 3.07. The van der Waals surface area contributed by atoms with Crippen LogP contribution in [0.2, 0.25) is 0 Å². The van der Waals surface area contributed by atoms with E-state index in [0.717, 1.165) is 0 Å². The number of esters is 1. The van der Waals surface area contributed by atoms with Crippen molar-refractivity contribution < 1.29 is 22.7 Å². The lowest BCUT2D eigenvalue weighted by Gasteiger charge is -2.08. The molecule has 0 fully saturated rings. The summed E-state index contributed by atoms with van der Waals surface area (Å²) in [7, 11) is 0. The van der Waals surface area contributed by atoms with Crippen LogP contribution < -0.4 is 0 Å². The molecule has 0 aromatic rings. The van der Waals surface area contributed by atoms with Crippen molar-refractivity contribution in [1.82, 2.24) is 0 Å². The maximum atomic E-state index is 12.4. The highest BCUT2D eigenvalue weighted by atomic mass is 19.4. The number of carbonyl (C=O) groups excluding carboxylic acids is 1. The molecule has 0 aromatic heterocycles. The SMILES string of the molecule is CCOC(=O)C/C(=N\N=C(C)C)C(F)(F)F. The van der Waals surface area contributed by atoms with Crippen molar-refractivity contribution in [3.8, 4) is 0 Å². The fraction of sp³-hybridized carbons (Fsp3) is 0.667. The zero-order valence-electron chi connectivity index (χ0n) is 9.26. The Hall–Kier alpha value is -1.40. The van der Waals surface area contributed by atoms with Gasteiger partial charge >= 0.3 is 12.1 Å². The Morgan fingerprint density at radius 3 is 2.19 bits per heavy atom. The Labute approximate surface area is 91.2 Å². The maximum Gasteiger partial charge on any atom is 0.431 e. The summed E-state index contributed by atoms with van der Waals surface area (Å²) in [5, 5.41) is 6.28. The van der Waals surface area contributed by atoms with Crippen molar-refractivity contribution >= 4 is 17.4 Å². The molecule has 0 N–H and O–H groups in total. The molecule has 0 atom stereocenters. The van der Waals surface area contributed by atoms with Crippen LogP contribution >= 0.6 is 0 Å². The molecule has 0 unspecified atom stereocenters. The van der Waals surface area contributed by atoms with Crippen LogP contribution in [-0.4, -0.2) is 30.2 Å². The molecule has 16 heavy (non-hydrogen) atoms. The van der Waals surface area contributed by atoms with Gasteiger partial charge in [0.15, 0.2) is 5.71 Å². The Bertz CT molecular complexity index is 304. The van der Waals surface area contributed by atoms with E-state index in [-0.39, 0.29) is 6.61 Å². The Kier molecular flexibility index (Phi) is 5.69. The van der Waals surface area contributed by atoms with E-state index < -0.39 is 24.3 Å². The van der Waals surface area contributed by atoms with Gasteiger partial charge in [0.05, 0.1) is 13.0 Å². The van der Waals surface area contributed by atoms with Gasteiger partial charge < -0.3 is 4.74 Å². The lowest BCUT2D eigenvalue weighted by Crippen LogP contribution is -2.26. The smallest absolute Gasteiger partial charge is 0.431 e. The first-order chi connectivity index (χ1) is 7.27. The average Bonchev–Trinajstić information content (AvgIpc) is 2.10. The van der Waals surface area contributed by atoms with Gasteiger partial charge in [-0.3, -0.25) is 4.79 Å². The van der Waals surface area contributed by atoms with Crippen LogP contribution in [0.15, 0.2) is 10.2 Å². The predicted octanol–water partition coefficient (Wildman–Crippen LogP) is 2.34. The van der Waals surface area contributed by atoms with Crippen LogP contribution in [0.5, 0.6) is 0 Å². The molecule has 0 saturated heterocycles. The van der Waals surface area contributed by atoms with Gasteiger partial charge in [0.25, 0.3) is 0 Å². The molecule has 0 spiro atoms. The number of ether oxygens (including phenoxy) is 1. The summed E-state index contributed by atoms with van der Waals surface area (Å²) in [5.41, 5.74) is -0.891. The molecule has 0 heterocycles. The summed E-state index contributed by atoms with van der Waals surface area (Å²) in [6.07, 6.45) is -5.60. The first-order valence-corrected chi connectivity index (χ1v) is 4.58. The number of alkyl halides is 3. The first-order valence-electron chi connectivity index (χ1n) is 4.58. The van der Waals surface area contributed by atoms with E-state index in [1.165, 1.54) is 20.8 Å². The van der Waals surface area contributed by atoms with E-state index >= 15 is 0 Å². The van der Waals surface area contributed by atoms with Crippen molar-refractivity contribution in [3.05, 3.63) is 0 Å². The predicted molar refractivity (Wildman–Crippen MR) is 53.5 cm³/mol. The Morgan fingerprint density at radius 1 is 1.25 bits per heavy atom. The first kappa shape index (κ1) is 14.6. The van der Waals surface area contributed by atoms with Crippen LogP contribution in [0, 0.1) is 0 Å². The van der Waals surface area contributed by atoms with Gasteiger partial charge in [-0.1, -0.05) is 0 Å². The topological polar surface area (TPSA) is 51.0 Å². The summed E-state index contributed by atoms with van der Waals surface area (Å²) < 4.78 is 41.5. The number of rotatable bonds is 4. The molecule has 4 nitrogen and oxygen atoms in total. The summed E-state index contributed by atoms with van der Waals surface area (Å²) in [6.45, 7) is 4.54. The molecule has 0 aromatic carbocycles. The van der Waals surface area contributed by atoms with Gasteiger partial charge in [-0.15, -0.1) is 0 Å². The van der Waals surface area contributed by atoms with Crippen LogP contribution in [0.3, 0.4) is 0 Å². The molecule has 0 rings (SSSR count). The lowest BCUT2D eigenvalue weighted by molar-refractivity contribution is -0.142. The molecule has 7 heteroatoms. The third-order valence-corrected chi connectivity index (χ3v) is 1.32. The molecule has 0 saturated carbocycles. The van der Waals surface area contributed by atoms with Crippen LogP contribution in [0.1, 0.15) is 27.2 Å². The second-order valence-corrected chi connectivity index (χ2v) is 3.07. The summed E-state index contributed by atoms with van der Waals surface area (Å²) in [4.78, 5) is 10.9. The fourth-order valence-corrected chi connectivity index (χ4v) is 0.701. The largest absolute Gasteiger partial charge is 0.466 e. The van der Waals surface area contributed by atoms with Gasteiger partial charge in [0, 0.05) is 5.71 Å². The third kappa shape index (κ3) is 6.15. The number of carbonyl (C=O) groups is 1. The van der Waals surface area contributed by atoms with Crippen molar-refractivity contribution in [1.29, 1.82) is 0 Å². The fourth-order valence-electron chi connectivity index (χ4n) is 0.701. The van der Waals surface area contributed by atoms with Gasteiger partial charge in [0.2, 0.25) is 0 Å². The highest BCUT2D eigenvalue weighted by Gasteiger charge is 2.37. The molecule has 0 aliphatic rings. The zero-order valence-corrected chi connectivity index (χ0v) is 9.26. The molecule has 0 aliphatic heterocycles. The monoisotopic (exact) mass is 238 g/mol. The number of nitrogens with zero attached hydrogens (tertiary/aromatic N) is 2. The highest BCUT2D eigenvalue weighted by Crippen LogP contribution is 2.20. The van der Waals surface area contributed by atoms with Crippen molar-refractivity contribution in [2.24, 2.45) is 10.2 Å². The average molecular weight is 238 g/mol. The highest BCUT2D eigenvalue weighted by molar-refractivity contribution is 6.02. The zero-order chi connectivity index (χ0) is 12.8. The Balaban J connectivity index is 4.77. The molecule has 0 aliphatic carbocycles. The molecule has 0 amide bonds. The van der Waals surface area contributed by atoms with Gasteiger partial charge in [-0.2, -0.15) is 23.4 Å². The van der Waals surface area contributed by atoms with E-state index in [1.807, 2.05) is 0 Å². The van der Waals surface area contributed by atoms with E-state index in [1.54, 1.807) is 0 Å². The van der Waals surface area contributed by atoms with Crippen LogP contribution in [0.4, 0.5) is 13.2 Å². The summed E-state index contributed by atoms with van der Waals surface area (Å²) >= 11 is 0. The Morgan fingerprint density at radius 2 is 1.81 bits per heavy atom. The minimum Gasteiger partial charge on any atom is -0.466 e. The number of halogens is 3. The maximum absolute atomic E-state index is 12.4. The van der Waals surface area contributed by atoms with Crippen molar-refractivity contribution in [3.63, 3.8) is 0 Å². The van der Waals surface area contributed by atoms with E-state index in [2.05, 4.69) is 14.9 Å². The molecular formula is C9H13F3N2O2. The van der Waals surface area contributed by atoms with Crippen molar-refractivity contribution in [2.45, 2.75) is 33.4 Å². The van der Waals surface area contributed by atoms with Crippen LogP contribution in [0.25, 0.3) is 0 Å². The normalized spacial score (nSPS) is 12.2. The minimum absolute atomic E-state index is 0.0278. The van der Waals surface area contributed by atoms with Gasteiger partial charge in [0.1, 0.15) is 0 Å². The van der Waals surface area contributed by atoms with Crippen molar-refractivity contribution in [2.75, 3.05) is 6.61 Å². The lowest BCUT2D eigenvalue weighted by atomic mass is 10.2. The molecule has 0 bridgehead atoms. The molecule has 92 valence electrons.